The standard InChI is InChI=1S/C22H17ClN2/c23-18-13-11-15(12-14-18)19-21-20(16-7-3-1-4-8-16)25(21)22(24-19)17-9-5-2-6-10-17/h1-14,20-22H/t20-,21+,22-,25?/m0/s1. The van der Waals surface area contributed by atoms with Crippen molar-refractivity contribution < 1.29 is 0 Å². The van der Waals surface area contributed by atoms with Gasteiger partial charge in [-0.3, -0.25) is 9.89 Å². The van der Waals surface area contributed by atoms with Gasteiger partial charge in [0, 0.05) is 5.02 Å². The Kier molecular flexibility index (Phi) is 3.47. The van der Waals surface area contributed by atoms with Crippen molar-refractivity contribution in [1.29, 1.82) is 0 Å². The Morgan fingerprint density at radius 3 is 1.92 bits per heavy atom. The average Bonchev–Trinajstić information content (AvgIpc) is 3.28. The van der Waals surface area contributed by atoms with Crippen LogP contribution < -0.4 is 0 Å². The molecule has 5 rings (SSSR count). The summed E-state index contributed by atoms with van der Waals surface area (Å²) in [5.41, 5.74) is 4.93. The third-order valence-corrected chi connectivity index (χ3v) is 5.31. The Morgan fingerprint density at radius 1 is 0.680 bits per heavy atom. The maximum Gasteiger partial charge on any atom is 0.129 e. The summed E-state index contributed by atoms with van der Waals surface area (Å²) in [6.45, 7) is 0. The van der Waals surface area contributed by atoms with Crippen LogP contribution in [0.25, 0.3) is 0 Å². The van der Waals surface area contributed by atoms with Gasteiger partial charge in [-0.15, -0.1) is 0 Å². The second-order valence-corrected chi connectivity index (χ2v) is 6.99. The summed E-state index contributed by atoms with van der Waals surface area (Å²) in [6.07, 6.45) is 0.0853. The lowest BCUT2D eigenvalue weighted by atomic mass is 10.0. The summed E-state index contributed by atoms with van der Waals surface area (Å²) in [7, 11) is 0. The van der Waals surface area contributed by atoms with Crippen molar-refractivity contribution in [3.05, 3.63) is 107 Å². The fourth-order valence-corrected chi connectivity index (χ4v) is 3.99. The van der Waals surface area contributed by atoms with Gasteiger partial charge in [0.15, 0.2) is 0 Å². The van der Waals surface area contributed by atoms with Crippen LogP contribution in [0.2, 0.25) is 5.02 Å². The van der Waals surface area contributed by atoms with E-state index < -0.39 is 0 Å². The molecule has 1 saturated heterocycles. The van der Waals surface area contributed by atoms with Gasteiger partial charge in [-0.05, 0) is 28.8 Å². The molecule has 1 fully saturated rings. The van der Waals surface area contributed by atoms with E-state index >= 15 is 0 Å². The minimum absolute atomic E-state index is 0.0853. The molecule has 2 nitrogen and oxygen atoms in total. The maximum absolute atomic E-state index is 6.06. The Bertz CT molecular complexity index is 919. The van der Waals surface area contributed by atoms with E-state index in [0.29, 0.717) is 12.1 Å². The zero-order chi connectivity index (χ0) is 16.8. The van der Waals surface area contributed by atoms with E-state index in [1.165, 1.54) is 16.8 Å². The van der Waals surface area contributed by atoms with E-state index in [1.807, 2.05) is 12.1 Å². The highest BCUT2D eigenvalue weighted by molar-refractivity contribution is 6.30. The molecule has 122 valence electrons. The van der Waals surface area contributed by atoms with Crippen molar-refractivity contribution >= 4 is 17.3 Å². The predicted octanol–water partition coefficient (Wildman–Crippen LogP) is 5.27. The zero-order valence-corrected chi connectivity index (χ0v) is 14.3. The van der Waals surface area contributed by atoms with Crippen LogP contribution in [0.3, 0.4) is 0 Å². The van der Waals surface area contributed by atoms with Gasteiger partial charge in [0.25, 0.3) is 0 Å². The summed E-state index contributed by atoms with van der Waals surface area (Å²) < 4.78 is 0. The summed E-state index contributed by atoms with van der Waals surface area (Å²) in [5, 5.41) is 0.759. The molecular formula is C22H17ClN2. The number of fused-ring (bicyclic) bond motifs is 1. The number of nitrogens with zero attached hydrogens (tertiary/aromatic N) is 2. The lowest BCUT2D eigenvalue weighted by Gasteiger charge is -2.14. The lowest BCUT2D eigenvalue weighted by Crippen LogP contribution is -2.08. The Morgan fingerprint density at radius 2 is 1.28 bits per heavy atom. The number of hydrogen-bond donors (Lipinski definition) is 0. The molecule has 25 heavy (non-hydrogen) atoms. The summed E-state index contributed by atoms with van der Waals surface area (Å²) >= 11 is 6.06. The molecule has 0 saturated carbocycles. The smallest absolute Gasteiger partial charge is 0.129 e. The monoisotopic (exact) mass is 344 g/mol. The fraction of sp³-hybridized carbons (Fsp3) is 0.136. The van der Waals surface area contributed by atoms with Crippen molar-refractivity contribution in [1.82, 2.24) is 4.90 Å². The molecule has 0 N–H and O–H groups in total. The van der Waals surface area contributed by atoms with Gasteiger partial charge in [-0.25, -0.2) is 0 Å². The molecule has 2 heterocycles. The van der Waals surface area contributed by atoms with E-state index in [2.05, 4.69) is 77.7 Å². The third-order valence-electron chi connectivity index (χ3n) is 5.05. The lowest BCUT2D eigenvalue weighted by molar-refractivity contribution is 0.404. The topological polar surface area (TPSA) is 15.4 Å². The van der Waals surface area contributed by atoms with E-state index in [4.69, 9.17) is 16.6 Å². The van der Waals surface area contributed by atoms with Crippen LogP contribution in [0.5, 0.6) is 0 Å². The highest BCUT2D eigenvalue weighted by Crippen LogP contribution is 2.55. The molecule has 0 aromatic heterocycles. The second kappa shape index (κ2) is 5.83. The van der Waals surface area contributed by atoms with Crippen LogP contribution in [-0.4, -0.2) is 16.7 Å². The second-order valence-electron chi connectivity index (χ2n) is 6.55. The molecular weight excluding hydrogens is 328 g/mol. The highest BCUT2D eigenvalue weighted by atomic mass is 35.5. The maximum atomic E-state index is 6.06. The molecule has 0 amide bonds. The van der Waals surface area contributed by atoms with Crippen molar-refractivity contribution in [2.45, 2.75) is 18.2 Å². The Balaban J connectivity index is 1.57. The molecule has 4 atom stereocenters. The first-order valence-corrected chi connectivity index (χ1v) is 8.92. The van der Waals surface area contributed by atoms with E-state index in [9.17, 15) is 0 Å². The molecule has 3 aromatic carbocycles. The van der Waals surface area contributed by atoms with Gasteiger partial charge < -0.3 is 0 Å². The van der Waals surface area contributed by atoms with Gasteiger partial charge in [0.05, 0.1) is 17.8 Å². The number of aliphatic imine (C=N–C) groups is 1. The Hall–Kier alpha value is -2.42. The number of rotatable bonds is 3. The number of halogens is 1. The molecule has 2 aliphatic heterocycles. The molecule has 3 aromatic rings. The Labute approximate surface area is 152 Å². The van der Waals surface area contributed by atoms with Crippen molar-refractivity contribution in [2.24, 2.45) is 4.99 Å². The molecule has 2 aliphatic rings. The predicted molar refractivity (Wildman–Crippen MR) is 102 cm³/mol. The van der Waals surface area contributed by atoms with Gasteiger partial charge in [0.2, 0.25) is 0 Å². The molecule has 0 bridgehead atoms. The third kappa shape index (κ3) is 2.50. The molecule has 3 heteroatoms. The fourth-order valence-electron chi connectivity index (χ4n) is 3.86. The SMILES string of the molecule is Clc1ccc(C2=N[C@H](c3ccccc3)N3[C@H]2[C@@H]3c2ccccc2)cc1. The van der Waals surface area contributed by atoms with Crippen LogP contribution in [0, 0.1) is 0 Å². The molecule has 0 spiro atoms. The summed E-state index contributed by atoms with van der Waals surface area (Å²) in [5.74, 6) is 0. The summed E-state index contributed by atoms with van der Waals surface area (Å²) in [4.78, 5) is 7.56. The average molecular weight is 345 g/mol. The van der Waals surface area contributed by atoms with Gasteiger partial charge in [0.1, 0.15) is 6.17 Å². The highest BCUT2D eigenvalue weighted by Gasteiger charge is 2.59. The molecule has 0 aliphatic carbocycles. The molecule has 0 radical (unpaired) electrons. The van der Waals surface area contributed by atoms with Crippen molar-refractivity contribution in [3.63, 3.8) is 0 Å². The minimum Gasteiger partial charge on any atom is -0.263 e. The van der Waals surface area contributed by atoms with Crippen LogP contribution >= 0.6 is 11.6 Å². The van der Waals surface area contributed by atoms with Crippen LogP contribution in [0.4, 0.5) is 0 Å². The normalized spacial score (nSPS) is 26.8. The number of hydrogen-bond acceptors (Lipinski definition) is 2. The first-order chi connectivity index (χ1) is 12.3. The van der Waals surface area contributed by atoms with E-state index in [0.717, 1.165) is 10.6 Å². The molecule has 1 unspecified atom stereocenters. The quantitative estimate of drug-likeness (QED) is 0.591. The van der Waals surface area contributed by atoms with Crippen molar-refractivity contribution in [2.75, 3.05) is 0 Å². The summed E-state index contributed by atoms with van der Waals surface area (Å²) in [6, 6.07) is 30.0. The number of benzene rings is 3. The van der Waals surface area contributed by atoms with Crippen LogP contribution in [0.15, 0.2) is 89.9 Å². The van der Waals surface area contributed by atoms with Crippen LogP contribution in [-0.2, 0) is 0 Å². The van der Waals surface area contributed by atoms with E-state index in [1.54, 1.807) is 0 Å². The first-order valence-electron chi connectivity index (χ1n) is 8.54. The minimum atomic E-state index is 0.0853. The van der Waals surface area contributed by atoms with Crippen LogP contribution in [0.1, 0.15) is 28.9 Å². The largest absolute Gasteiger partial charge is 0.263 e. The first kappa shape index (κ1) is 14.9. The van der Waals surface area contributed by atoms with E-state index in [-0.39, 0.29) is 6.17 Å². The van der Waals surface area contributed by atoms with Crippen molar-refractivity contribution in [3.8, 4) is 0 Å². The zero-order valence-electron chi connectivity index (χ0n) is 13.6. The van der Waals surface area contributed by atoms with Gasteiger partial charge >= 0.3 is 0 Å². The van der Waals surface area contributed by atoms with Gasteiger partial charge in [-0.1, -0.05) is 84.4 Å². The van der Waals surface area contributed by atoms with Gasteiger partial charge in [-0.2, -0.15) is 0 Å².